The normalized spacial score (nSPS) is 35.0. The van der Waals surface area contributed by atoms with Gasteiger partial charge in [0.15, 0.2) is 0 Å². The summed E-state index contributed by atoms with van der Waals surface area (Å²) < 4.78 is 4.10. The molecule has 0 radical (unpaired) electrons. The summed E-state index contributed by atoms with van der Waals surface area (Å²) in [6.45, 7) is 3.74. The van der Waals surface area contributed by atoms with Crippen LogP contribution in [0.3, 0.4) is 0 Å². The molecule has 0 unspecified atom stereocenters. The van der Waals surface area contributed by atoms with Crippen LogP contribution in [0, 0.1) is 0 Å². The zero-order valence-corrected chi connectivity index (χ0v) is 11.2. The first kappa shape index (κ1) is 13.2. The van der Waals surface area contributed by atoms with E-state index in [4.69, 9.17) is 5.73 Å². The molecule has 2 heterocycles. The Kier molecular flexibility index (Phi) is 3.06. The summed E-state index contributed by atoms with van der Waals surface area (Å²) in [5.74, 6) is -1.42. The van der Waals surface area contributed by atoms with Gasteiger partial charge in [-0.25, -0.2) is 9.59 Å². The van der Waals surface area contributed by atoms with Crippen molar-refractivity contribution in [3.63, 3.8) is 0 Å². The van der Waals surface area contributed by atoms with E-state index in [9.17, 15) is 14.7 Å². The molecule has 2 rings (SSSR count). The number of esters is 1. The molecule has 7 heteroatoms. The minimum Gasteiger partial charge on any atom is -0.480 e. The van der Waals surface area contributed by atoms with Crippen LogP contribution in [0.1, 0.15) is 13.8 Å². The van der Waals surface area contributed by atoms with E-state index in [0.717, 1.165) is 0 Å². The van der Waals surface area contributed by atoms with Gasteiger partial charge in [0.2, 0.25) is 0 Å². The number of carboxylic acids is 1. The van der Waals surface area contributed by atoms with Crippen molar-refractivity contribution >= 4 is 23.7 Å². The molecule has 18 heavy (non-hydrogen) atoms. The van der Waals surface area contributed by atoms with Crippen molar-refractivity contribution in [3.05, 3.63) is 11.8 Å². The molecule has 0 bridgehead atoms. The smallest absolute Gasteiger partial charge is 0.332 e. The van der Waals surface area contributed by atoms with Gasteiger partial charge in [-0.05, 0) is 13.8 Å². The Hall–Kier alpha value is -1.21. The maximum Gasteiger partial charge on any atom is 0.332 e. The van der Waals surface area contributed by atoms with Crippen LogP contribution in [-0.2, 0) is 14.3 Å². The number of hydrogen-bond acceptors (Lipinski definition) is 6. The maximum absolute atomic E-state index is 11.4. The summed E-state index contributed by atoms with van der Waals surface area (Å²) in [5, 5.41) is 9.24. The van der Waals surface area contributed by atoms with E-state index in [1.807, 2.05) is 13.8 Å². The van der Waals surface area contributed by atoms with Crippen LogP contribution in [0.5, 0.6) is 0 Å². The van der Waals surface area contributed by atoms with E-state index >= 15 is 0 Å². The highest BCUT2D eigenvalue weighted by Gasteiger charge is 2.60. The first-order valence-corrected chi connectivity index (χ1v) is 6.41. The van der Waals surface area contributed by atoms with E-state index in [-0.39, 0.29) is 11.4 Å². The highest BCUT2D eigenvalue weighted by molar-refractivity contribution is 8.01. The van der Waals surface area contributed by atoms with Crippen molar-refractivity contribution in [3.8, 4) is 0 Å². The number of ether oxygens (including phenoxy) is 1. The van der Waals surface area contributed by atoms with Crippen molar-refractivity contribution in [2.75, 3.05) is 7.11 Å². The lowest BCUT2D eigenvalue weighted by Gasteiger charge is -2.46. The van der Waals surface area contributed by atoms with Crippen LogP contribution in [0.15, 0.2) is 11.8 Å². The lowest BCUT2D eigenvalue weighted by Crippen LogP contribution is -2.62. The van der Waals surface area contributed by atoms with Gasteiger partial charge in [-0.2, -0.15) is 0 Å². The molecule has 2 aliphatic heterocycles. The predicted molar refractivity (Wildman–Crippen MR) is 66.8 cm³/mol. The van der Waals surface area contributed by atoms with Crippen LogP contribution in [-0.4, -0.2) is 51.3 Å². The molecule has 3 atom stereocenters. The summed E-state index contributed by atoms with van der Waals surface area (Å²) in [4.78, 5) is 24.3. The number of carbonyl (C=O) groups is 2. The summed E-state index contributed by atoms with van der Waals surface area (Å²) >= 11 is 1.53. The third-order valence-electron chi connectivity index (χ3n) is 3.28. The number of methoxy groups -OCH3 is 1. The highest BCUT2D eigenvalue weighted by Crippen LogP contribution is 2.53. The van der Waals surface area contributed by atoms with Crippen molar-refractivity contribution in [1.29, 1.82) is 0 Å². The second kappa shape index (κ2) is 4.17. The van der Waals surface area contributed by atoms with Gasteiger partial charge in [0, 0.05) is 16.5 Å². The SMILES string of the molecule is COC(=O)/C=C1/[C@@H](N)[C@H]2SC(C)(C)[C@H](C(=O)O)N12. The number of hydrogen-bond donors (Lipinski definition) is 2. The Labute approximate surface area is 109 Å². The fourth-order valence-electron chi connectivity index (χ4n) is 2.46. The molecule has 6 nitrogen and oxygen atoms in total. The van der Waals surface area contributed by atoms with Crippen molar-refractivity contribution < 1.29 is 19.4 Å². The van der Waals surface area contributed by atoms with E-state index in [2.05, 4.69) is 4.74 Å². The molecule has 3 N–H and O–H groups in total. The van der Waals surface area contributed by atoms with Gasteiger partial charge >= 0.3 is 11.9 Å². The Morgan fingerprint density at radius 2 is 2.17 bits per heavy atom. The first-order valence-electron chi connectivity index (χ1n) is 5.53. The molecular formula is C11H16N2O4S. The summed E-state index contributed by atoms with van der Waals surface area (Å²) in [6, 6.07) is -0.999. The molecule has 0 saturated carbocycles. The largest absolute Gasteiger partial charge is 0.480 e. The van der Waals surface area contributed by atoms with E-state index in [0.29, 0.717) is 5.70 Å². The Morgan fingerprint density at radius 3 is 2.67 bits per heavy atom. The van der Waals surface area contributed by atoms with E-state index in [1.54, 1.807) is 4.90 Å². The standard InChI is InChI=1S/C11H16N2O4S/c1-11(2)8(10(15)16)13-5(4-6(14)17-3)7(12)9(13)18-11/h4,7-9H,12H2,1-3H3,(H,15,16)/b5-4-/t7-,8+,9-/m1/s1. The zero-order valence-electron chi connectivity index (χ0n) is 10.4. The fourth-order valence-corrected chi connectivity index (χ4v) is 4.07. The second-order valence-electron chi connectivity index (χ2n) is 4.88. The molecule has 0 amide bonds. The average Bonchev–Trinajstić information content (AvgIpc) is 2.54. The zero-order chi connectivity index (χ0) is 13.7. The Bertz CT molecular complexity index is 435. The molecule has 0 spiro atoms. The summed E-state index contributed by atoms with van der Waals surface area (Å²) in [7, 11) is 1.28. The number of nitrogens with zero attached hydrogens (tertiary/aromatic N) is 1. The minimum absolute atomic E-state index is 0.0861. The topological polar surface area (TPSA) is 92.9 Å². The number of fused-ring (bicyclic) bond motifs is 1. The maximum atomic E-state index is 11.4. The molecule has 0 aliphatic carbocycles. The van der Waals surface area contributed by atoms with Gasteiger partial charge in [0.1, 0.15) is 6.04 Å². The van der Waals surface area contributed by atoms with Crippen molar-refractivity contribution in [2.24, 2.45) is 5.73 Å². The van der Waals surface area contributed by atoms with Crippen LogP contribution in [0.25, 0.3) is 0 Å². The van der Waals surface area contributed by atoms with Crippen LogP contribution < -0.4 is 5.73 Å². The number of aliphatic carboxylic acids is 1. The second-order valence-corrected chi connectivity index (χ2v) is 6.65. The Balaban J connectivity index is 2.32. The van der Waals surface area contributed by atoms with Crippen LogP contribution >= 0.6 is 11.8 Å². The van der Waals surface area contributed by atoms with Gasteiger partial charge < -0.3 is 20.5 Å². The van der Waals surface area contributed by atoms with Gasteiger partial charge in [-0.3, -0.25) is 0 Å². The number of rotatable bonds is 2. The van der Waals surface area contributed by atoms with E-state index in [1.165, 1.54) is 24.9 Å². The molecule has 0 aromatic carbocycles. The monoisotopic (exact) mass is 272 g/mol. The predicted octanol–water partition coefficient (Wildman–Crippen LogP) is -0.00910. The number of carboxylic acid groups (broad SMARTS) is 1. The molecule has 2 fully saturated rings. The number of carbonyl (C=O) groups excluding carboxylic acids is 1. The quantitative estimate of drug-likeness (QED) is 0.539. The molecule has 100 valence electrons. The van der Waals surface area contributed by atoms with Crippen LogP contribution in [0.4, 0.5) is 0 Å². The third-order valence-corrected chi connectivity index (χ3v) is 4.88. The van der Waals surface area contributed by atoms with Gasteiger partial charge in [0.05, 0.1) is 18.5 Å². The summed E-state index contributed by atoms with van der Waals surface area (Å²) in [6.07, 6.45) is 1.28. The first-order chi connectivity index (χ1) is 8.29. The molecule has 2 saturated heterocycles. The lowest BCUT2D eigenvalue weighted by molar-refractivity contribution is -0.144. The summed E-state index contributed by atoms with van der Waals surface area (Å²) in [5.41, 5.74) is 6.50. The van der Waals surface area contributed by atoms with Gasteiger partial charge in [-0.15, -0.1) is 11.8 Å². The third kappa shape index (κ3) is 1.78. The van der Waals surface area contributed by atoms with Crippen molar-refractivity contribution in [2.45, 2.75) is 36.1 Å². The fraction of sp³-hybridized carbons (Fsp3) is 0.636. The number of thioether (sulfide) groups is 1. The lowest BCUT2D eigenvalue weighted by atomic mass is 9.94. The average molecular weight is 272 g/mol. The highest BCUT2D eigenvalue weighted by atomic mass is 32.2. The van der Waals surface area contributed by atoms with E-state index < -0.39 is 22.7 Å². The molecule has 0 aromatic heterocycles. The molecule has 2 aliphatic rings. The van der Waals surface area contributed by atoms with Crippen molar-refractivity contribution in [1.82, 2.24) is 4.90 Å². The van der Waals surface area contributed by atoms with Gasteiger partial charge in [0.25, 0.3) is 0 Å². The number of nitrogens with two attached hydrogens (primary N) is 1. The van der Waals surface area contributed by atoms with Crippen LogP contribution in [0.2, 0.25) is 0 Å². The Morgan fingerprint density at radius 1 is 1.56 bits per heavy atom. The molecular weight excluding hydrogens is 256 g/mol. The minimum atomic E-state index is -0.905. The van der Waals surface area contributed by atoms with Gasteiger partial charge in [-0.1, -0.05) is 0 Å². The molecule has 0 aromatic rings.